The largest absolute Gasteiger partial charge is 0.273 e. The van der Waals surface area contributed by atoms with E-state index >= 15 is 0 Å². The van der Waals surface area contributed by atoms with Gasteiger partial charge in [0.2, 0.25) is 0 Å². The van der Waals surface area contributed by atoms with Gasteiger partial charge in [-0.05, 0) is 48.9 Å². The van der Waals surface area contributed by atoms with E-state index in [0.717, 1.165) is 39.6 Å². The Morgan fingerprint density at radius 1 is 1.21 bits per heavy atom. The number of aryl methyl sites for hydroxylation is 1. The number of hydrogen-bond acceptors (Lipinski definition) is 4. The lowest BCUT2D eigenvalue weighted by atomic mass is 9.75. The van der Waals surface area contributed by atoms with Crippen molar-refractivity contribution in [3.05, 3.63) is 41.5 Å². The number of aromatic nitrogens is 4. The van der Waals surface area contributed by atoms with Crippen LogP contribution >= 0.6 is 11.3 Å². The first-order chi connectivity index (χ1) is 11.7. The van der Waals surface area contributed by atoms with Gasteiger partial charge in [0.05, 0.1) is 15.9 Å². The highest BCUT2D eigenvalue weighted by atomic mass is 32.1. The fourth-order valence-electron chi connectivity index (χ4n) is 3.61. The molecule has 1 fully saturated rings. The molecule has 1 saturated carbocycles. The summed E-state index contributed by atoms with van der Waals surface area (Å²) in [7, 11) is 1.92. The van der Waals surface area contributed by atoms with Gasteiger partial charge in [-0.15, -0.1) is 11.3 Å². The molecule has 4 aromatic rings. The summed E-state index contributed by atoms with van der Waals surface area (Å²) in [6.07, 6.45) is 6.50. The van der Waals surface area contributed by atoms with Crippen molar-refractivity contribution in [2.24, 2.45) is 13.0 Å². The van der Waals surface area contributed by atoms with Crippen LogP contribution in [0.25, 0.3) is 32.5 Å². The van der Waals surface area contributed by atoms with E-state index in [1.165, 1.54) is 22.4 Å². The molecule has 4 nitrogen and oxygen atoms in total. The maximum Gasteiger partial charge on any atom is 0.181 e. The lowest BCUT2D eigenvalue weighted by Gasteiger charge is -2.31. The number of hydrogen-bond donors (Lipinski definition) is 0. The van der Waals surface area contributed by atoms with Crippen LogP contribution in [0.2, 0.25) is 0 Å². The number of pyridine rings is 2. The summed E-state index contributed by atoms with van der Waals surface area (Å²) in [6, 6.07) is 8.70. The Morgan fingerprint density at radius 3 is 2.92 bits per heavy atom. The summed E-state index contributed by atoms with van der Waals surface area (Å²) >= 11 is 1.90. The minimum Gasteiger partial charge on any atom is -0.273 e. The van der Waals surface area contributed by atoms with Crippen LogP contribution in [0.5, 0.6) is 0 Å². The van der Waals surface area contributed by atoms with Gasteiger partial charge in [-0.25, -0.2) is 9.97 Å². The molecule has 0 aliphatic heterocycles. The van der Waals surface area contributed by atoms with Gasteiger partial charge >= 0.3 is 0 Å². The van der Waals surface area contributed by atoms with Crippen LogP contribution < -0.4 is 0 Å². The molecule has 5 heteroatoms. The molecule has 120 valence electrons. The van der Waals surface area contributed by atoms with Crippen molar-refractivity contribution in [1.29, 1.82) is 0 Å². The highest BCUT2D eigenvalue weighted by Crippen LogP contribution is 2.45. The van der Waals surface area contributed by atoms with Gasteiger partial charge in [-0.3, -0.25) is 4.68 Å². The molecular formula is C19H18N4S. The maximum atomic E-state index is 4.88. The predicted octanol–water partition coefficient (Wildman–Crippen LogP) is 4.76. The number of thiophene rings is 1. The number of nitrogens with zero attached hydrogens (tertiary/aromatic N) is 4. The van der Waals surface area contributed by atoms with Gasteiger partial charge in [-0.2, -0.15) is 5.10 Å². The smallest absolute Gasteiger partial charge is 0.181 e. The van der Waals surface area contributed by atoms with Crippen molar-refractivity contribution >= 4 is 32.6 Å². The van der Waals surface area contributed by atoms with E-state index in [4.69, 9.17) is 4.98 Å². The SMILES string of the molecule is CC1CC(c2cc3nc(-c4cnc5nn(C)cc5c4)ccc3s2)C1. The third-order valence-electron chi connectivity index (χ3n) is 4.94. The third-order valence-corrected chi connectivity index (χ3v) is 6.19. The zero-order valence-corrected chi connectivity index (χ0v) is 14.5. The zero-order valence-electron chi connectivity index (χ0n) is 13.7. The van der Waals surface area contributed by atoms with Crippen molar-refractivity contribution in [3.8, 4) is 11.3 Å². The minimum absolute atomic E-state index is 0.746. The standard InChI is InChI=1S/C19H18N4S/c1-11-5-12(6-11)18-8-16-17(24-18)4-3-15(21-16)13-7-14-10-23(2)22-19(14)20-9-13/h3-4,7-12H,5-6H2,1-2H3. The monoisotopic (exact) mass is 334 g/mol. The zero-order chi connectivity index (χ0) is 16.3. The van der Waals surface area contributed by atoms with E-state index in [1.807, 2.05) is 30.8 Å². The molecule has 0 bridgehead atoms. The lowest BCUT2D eigenvalue weighted by Crippen LogP contribution is -2.17. The topological polar surface area (TPSA) is 43.6 Å². The van der Waals surface area contributed by atoms with Crippen molar-refractivity contribution < 1.29 is 0 Å². The molecule has 4 aromatic heterocycles. The predicted molar refractivity (Wildman–Crippen MR) is 98.3 cm³/mol. The molecule has 0 unspecified atom stereocenters. The van der Waals surface area contributed by atoms with E-state index in [0.29, 0.717) is 0 Å². The van der Waals surface area contributed by atoms with E-state index < -0.39 is 0 Å². The molecule has 0 amide bonds. The molecule has 0 spiro atoms. The fraction of sp³-hybridized carbons (Fsp3) is 0.316. The van der Waals surface area contributed by atoms with Crippen LogP contribution in [0.15, 0.2) is 36.7 Å². The van der Waals surface area contributed by atoms with Crippen LogP contribution in [-0.2, 0) is 7.05 Å². The van der Waals surface area contributed by atoms with Gasteiger partial charge < -0.3 is 0 Å². The second-order valence-corrected chi connectivity index (χ2v) is 8.06. The van der Waals surface area contributed by atoms with Crippen molar-refractivity contribution in [2.45, 2.75) is 25.7 Å². The average Bonchev–Trinajstić information content (AvgIpc) is 3.12. The molecule has 0 aromatic carbocycles. The van der Waals surface area contributed by atoms with Gasteiger partial charge in [0.1, 0.15) is 0 Å². The Bertz CT molecular complexity index is 1060. The normalized spacial score (nSPS) is 20.6. The summed E-state index contributed by atoms with van der Waals surface area (Å²) in [5.41, 5.74) is 3.91. The highest BCUT2D eigenvalue weighted by Gasteiger charge is 2.28. The summed E-state index contributed by atoms with van der Waals surface area (Å²) < 4.78 is 3.08. The van der Waals surface area contributed by atoms with Gasteiger partial charge in [0.25, 0.3) is 0 Å². The van der Waals surface area contributed by atoms with Crippen molar-refractivity contribution in [1.82, 2.24) is 19.7 Å². The molecule has 24 heavy (non-hydrogen) atoms. The summed E-state index contributed by atoms with van der Waals surface area (Å²) in [4.78, 5) is 10.8. The Kier molecular flexibility index (Phi) is 3.00. The van der Waals surface area contributed by atoms with Crippen LogP contribution in [-0.4, -0.2) is 19.7 Å². The quantitative estimate of drug-likeness (QED) is 0.531. The number of rotatable bonds is 2. The second kappa shape index (κ2) is 5.11. The minimum atomic E-state index is 0.746. The second-order valence-electron chi connectivity index (χ2n) is 6.94. The van der Waals surface area contributed by atoms with E-state index in [-0.39, 0.29) is 0 Å². The first-order valence-electron chi connectivity index (χ1n) is 8.36. The Morgan fingerprint density at radius 2 is 2.08 bits per heavy atom. The first kappa shape index (κ1) is 14.1. The molecule has 0 radical (unpaired) electrons. The van der Waals surface area contributed by atoms with Crippen molar-refractivity contribution in [2.75, 3.05) is 0 Å². The van der Waals surface area contributed by atoms with E-state index in [9.17, 15) is 0 Å². The van der Waals surface area contributed by atoms with Gasteiger partial charge in [-0.1, -0.05) is 6.92 Å². The summed E-state index contributed by atoms with van der Waals surface area (Å²) in [6.45, 7) is 2.34. The Balaban J connectivity index is 1.55. The summed E-state index contributed by atoms with van der Waals surface area (Å²) in [5.74, 6) is 1.62. The molecule has 1 aliphatic rings. The molecule has 0 atom stereocenters. The number of fused-ring (bicyclic) bond motifs is 2. The van der Waals surface area contributed by atoms with E-state index in [1.54, 1.807) is 4.68 Å². The Hall–Kier alpha value is -2.27. The fourth-order valence-corrected chi connectivity index (χ4v) is 4.74. The maximum absolute atomic E-state index is 4.88. The van der Waals surface area contributed by atoms with E-state index in [2.05, 4.69) is 41.3 Å². The summed E-state index contributed by atoms with van der Waals surface area (Å²) in [5, 5.41) is 5.38. The van der Waals surface area contributed by atoms with Crippen LogP contribution in [0.4, 0.5) is 0 Å². The van der Waals surface area contributed by atoms with Crippen LogP contribution in [0, 0.1) is 5.92 Å². The average molecular weight is 334 g/mol. The van der Waals surface area contributed by atoms with Gasteiger partial charge in [0.15, 0.2) is 5.65 Å². The molecule has 0 saturated heterocycles. The van der Waals surface area contributed by atoms with Gasteiger partial charge in [0, 0.05) is 35.3 Å². The highest BCUT2D eigenvalue weighted by molar-refractivity contribution is 7.19. The lowest BCUT2D eigenvalue weighted by molar-refractivity contribution is 0.292. The molecule has 4 heterocycles. The molecule has 5 rings (SSSR count). The molecule has 1 aliphatic carbocycles. The van der Waals surface area contributed by atoms with Crippen LogP contribution in [0.3, 0.4) is 0 Å². The first-order valence-corrected chi connectivity index (χ1v) is 9.17. The van der Waals surface area contributed by atoms with Crippen LogP contribution in [0.1, 0.15) is 30.6 Å². The third kappa shape index (κ3) is 2.23. The molecule has 0 N–H and O–H groups in total. The Labute approximate surface area is 144 Å². The molecular weight excluding hydrogens is 316 g/mol. The van der Waals surface area contributed by atoms with Crippen molar-refractivity contribution in [3.63, 3.8) is 0 Å².